The minimum absolute atomic E-state index is 0.0325. The number of hydrogen-bond donors (Lipinski definition) is 1. The molecule has 0 unspecified atom stereocenters. The van der Waals surface area contributed by atoms with E-state index in [1.807, 2.05) is 11.5 Å². The lowest BCUT2D eigenvalue weighted by Crippen LogP contribution is -2.04. The number of nitrogens with zero attached hydrogens (tertiary/aromatic N) is 2. The van der Waals surface area contributed by atoms with Crippen molar-refractivity contribution in [1.82, 2.24) is 9.55 Å². The Morgan fingerprint density at radius 2 is 2.54 bits per heavy atom. The summed E-state index contributed by atoms with van der Waals surface area (Å²) in [5.41, 5.74) is 1.50. The first kappa shape index (κ1) is 8.10. The van der Waals surface area contributed by atoms with Gasteiger partial charge in [0.1, 0.15) is 6.61 Å². The number of carbonyl (C=O) groups is 1. The molecule has 1 aliphatic heterocycles. The van der Waals surface area contributed by atoms with Crippen molar-refractivity contribution in [3.63, 3.8) is 0 Å². The molecule has 0 radical (unpaired) electrons. The van der Waals surface area contributed by atoms with Crippen LogP contribution < -0.4 is 4.74 Å². The molecule has 1 aromatic rings. The average Bonchev–Trinajstić information content (AvgIpc) is 2.56. The van der Waals surface area contributed by atoms with Gasteiger partial charge in [-0.15, -0.1) is 0 Å². The second kappa shape index (κ2) is 2.76. The Labute approximate surface area is 75.0 Å². The Balaban J connectivity index is 2.33. The Bertz CT molecular complexity index is 357. The number of imidazole rings is 1. The average molecular weight is 182 g/mol. The highest BCUT2D eigenvalue weighted by molar-refractivity contribution is 5.70. The van der Waals surface area contributed by atoms with E-state index in [9.17, 15) is 4.79 Å². The zero-order valence-corrected chi connectivity index (χ0v) is 7.28. The van der Waals surface area contributed by atoms with Crippen molar-refractivity contribution in [2.75, 3.05) is 6.61 Å². The molecule has 0 atom stereocenters. The number of carboxylic acid groups (broad SMARTS) is 1. The lowest BCUT2D eigenvalue weighted by Gasteiger charge is -1.96. The van der Waals surface area contributed by atoms with Crippen LogP contribution in [0.15, 0.2) is 0 Å². The van der Waals surface area contributed by atoms with E-state index in [-0.39, 0.29) is 6.42 Å². The molecule has 0 aromatic carbocycles. The summed E-state index contributed by atoms with van der Waals surface area (Å²) < 4.78 is 7.10. The monoisotopic (exact) mass is 182 g/mol. The van der Waals surface area contributed by atoms with Crippen LogP contribution in [0.3, 0.4) is 0 Å². The highest BCUT2D eigenvalue weighted by atomic mass is 16.5. The van der Waals surface area contributed by atoms with Crippen LogP contribution in [0.1, 0.15) is 11.4 Å². The molecule has 5 nitrogen and oxygen atoms in total. The highest BCUT2D eigenvalue weighted by Crippen LogP contribution is 2.21. The molecule has 1 aliphatic rings. The van der Waals surface area contributed by atoms with Crippen molar-refractivity contribution in [3.8, 4) is 6.01 Å². The van der Waals surface area contributed by atoms with Gasteiger partial charge in [0.25, 0.3) is 6.01 Å². The van der Waals surface area contributed by atoms with Gasteiger partial charge < -0.3 is 9.84 Å². The summed E-state index contributed by atoms with van der Waals surface area (Å²) in [6.07, 6.45) is -0.0325. The van der Waals surface area contributed by atoms with Crippen molar-refractivity contribution in [1.29, 1.82) is 0 Å². The van der Waals surface area contributed by atoms with Gasteiger partial charge in [-0.05, 0) is 6.92 Å². The van der Waals surface area contributed by atoms with Crippen LogP contribution in [-0.2, 0) is 17.8 Å². The van der Waals surface area contributed by atoms with Gasteiger partial charge in [0.05, 0.1) is 18.7 Å². The van der Waals surface area contributed by atoms with Gasteiger partial charge in [0.2, 0.25) is 0 Å². The van der Waals surface area contributed by atoms with Crippen LogP contribution in [0, 0.1) is 6.92 Å². The predicted octanol–water partition coefficient (Wildman–Crippen LogP) is 0.211. The third-order valence-electron chi connectivity index (χ3n) is 2.15. The van der Waals surface area contributed by atoms with Crippen molar-refractivity contribution < 1.29 is 14.6 Å². The van der Waals surface area contributed by atoms with Crippen molar-refractivity contribution in [3.05, 3.63) is 11.4 Å². The third kappa shape index (κ3) is 1.26. The van der Waals surface area contributed by atoms with Crippen molar-refractivity contribution >= 4 is 5.97 Å². The van der Waals surface area contributed by atoms with Gasteiger partial charge in [0, 0.05) is 5.69 Å². The van der Waals surface area contributed by atoms with Crippen LogP contribution in [0.25, 0.3) is 0 Å². The van der Waals surface area contributed by atoms with Gasteiger partial charge in [-0.3, -0.25) is 9.36 Å². The van der Waals surface area contributed by atoms with E-state index in [4.69, 9.17) is 9.84 Å². The Morgan fingerprint density at radius 3 is 3.15 bits per heavy atom. The summed E-state index contributed by atoms with van der Waals surface area (Å²) in [4.78, 5) is 14.5. The van der Waals surface area contributed by atoms with Crippen LogP contribution in [0.4, 0.5) is 0 Å². The van der Waals surface area contributed by atoms with Crippen LogP contribution in [0.2, 0.25) is 0 Å². The molecule has 0 bridgehead atoms. The zero-order chi connectivity index (χ0) is 9.42. The summed E-state index contributed by atoms with van der Waals surface area (Å²) in [5.74, 6) is -0.861. The molecule has 13 heavy (non-hydrogen) atoms. The maximum atomic E-state index is 10.5. The van der Waals surface area contributed by atoms with E-state index in [1.165, 1.54) is 0 Å². The van der Waals surface area contributed by atoms with Gasteiger partial charge in [-0.25, -0.2) is 0 Å². The normalized spacial score (nSPS) is 13.9. The second-order valence-corrected chi connectivity index (χ2v) is 3.00. The molecule has 0 saturated carbocycles. The maximum absolute atomic E-state index is 10.5. The van der Waals surface area contributed by atoms with E-state index in [0.29, 0.717) is 18.3 Å². The summed E-state index contributed by atoms with van der Waals surface area (Å²) in [7, 11) is 0. The van der Waals surface area contributed by atoms with E-state index in [2.05, 4.69) is 4.98 Å². The number of rotatable bonds is 2. The molecule has 0 amide bonds. The topological polar surface area (TPSA) is 64.3 Å². The van der Waals surface area contributed by atoms with Crippen LogP contribution in [0.5, 0.6) is 6.01 Å². The largest absolute Gasteiger partial charge is 0.481 e. The second-order valence-electron chi connectivity index (χ2n) is 3.00. The molecule has 2 rings (SSSR count). The zero-order valence-electron chi connectivity index (χ0n) is 7.28. The lowest BCUT2D eigenvalue weighted by molar-refractivity contribution is -0.136. The number of fused-ring (bicyclic) bond motifs is 1. The first-order chi connectivity index (χ1) is 6.18. The standard InChI is InChI=1S/C8H10N2O3/c1-5-6(4-7(11)12)9-8-10(5)2-3-13-8/h2-4H2,1H3,(H,11,12). The summed E-state index contributed by atoms with van der Waals surface area (Å²) >= 11 is 0. The molecule has 70 valence electrons. The summed E-state index contributed by atoms with van der Waals surface area (Å²) in [5, 5.41) is 8.59. The Kier molecular flexibility index (Phi) is 1.72. The fourth-order valence-corrected chi connectivity index (χ4v) is 1.47. The SMILES string of the molecule is Cc1c(CC(=O)O)nc2n1CCO2. The molecule has 2 heterocycles. The summed E-state index contributed by atoms with van der Waals surface area (Å²) in [6.45, 7) is 3.27. The minimum Gasteiger partial charge on any atom is -0.481 e. The molecular formula is C8H10N2O3. The lowest BCUT2D eigenvalue weighted by atomic mass is 10.2. The first-order valence-electron chi connectivity index (χ1n) is 4.09. The molecule has 5 heteroatoms. The van der Waals surface area contributed by atoms with Crippen LogP contribution in [-0.4, -0.2) is 27.2 Å². The van der Waals surface area contributed by atoms with Crippen molar-refractivity contribution in [2.24, 2.45) is 0 Å². The number of carboxylic acids is 1. The molecule has 1 N–H and O–H groups in total. The van der Waals surface area contributed by atoms with Gasteiger partial charge in [-0.2, -0.15) is 4.98 Å². The molecule has 1 aromatic heterocycles. The maximum Gasteiger partial charge on any atom is 0.309 e. The number of hydrogen-bond acceptors (Lipinski definition) is 3. The highest BCUT2D eigenvalue weighted by Gasteiger charge is 2.20. The van der Waals surface area contributed by atoms with E-state index in [1.54, 1.807) is 0 Å². The Hall–Kier alpha value is -1.52. The molecular weight excluding hydrogens is 172 g/mol. The van der Waals surface area contributed by atoms with E-state index >= 15 is 0 Å². The first-order valence-corrected chi connectivity index (χ1v) is 4.09. The van der Waals surface area contributed by atoms with Crippen LogP contribution >= 0.6 is 0 Å². The minimum atomic E-state index is -0.861. The predicted molar refractivity (Wildman–Crippen MR) is 43.8 cm³/mol. The molecule has 0 aliphatic carbocycles. The molecule has 0 fully saturated rings. The van der Waals surface area contributed by atoms with E-state index < -0.39 is 5.97 Å². The summed E-state index contributed by atoms with van der Waals surface area (Å²) in [6, 6.07) is 0.550. The number of aromatic nitrogens is 2. The number of aliphatic carboxylic acids is 1. The smallest absolute Gasteiger partial charge is 0.309 e. The molecule has 0 saturated heterocycles. The van der Waals surface area contributed by atoms with Gasteiger partial charge >= 0.3 is 5.97 Å². The van der Waals surface area contributed by atoms with Gasteiger partial charge in [-0.1, -0.05) is 0 Å². The fourth-order valence-electron chi connectivity index (χ4n) is 1.47. The quantitative estimate of drug-likeness (QED) is 0.710. The van der Waals surface area contributed by atoms with Gasteiger partial charge in [0.15, 0.2) is 0 Å². The Morgan fingerprint density at radius 1 is 1.77 bits per heavy atom. The molecule has 0 spiro atoms. The van der Waals surface area contributed by atoms with Crippen molar-refractivity contribution in [2.45, 2.75) is 19.9 Å². The fraction of sp³-hybridized carbons (Fsp3) is 0.500. The van der Waals surface area contributed by atoms with E-state index in [0.717, 1.165) is 12.2 Å². The number of ether oxygens (including phenoxy) is 1. The third-order valence-corrected chi connectivity index (χ3v) is 2.15.